The van der Waals surface area contributed by atoms with Gasteiger partial charge in [0.05, 0.1) is 19.2 Å². The summed E-state index contributed by atoms with van der Waals surface area (Å²) in [6, 6.07) is 6.02. The Labute approximate surface area is 141 Å². The van der Waals surface area contributed by atoms with Crippen molar-refractivity contribution >= 4 is 18.4 Å². The number of carbonyl (C=O) groups excluding carboxylic acids is 1. The van der Waals surface area contributed by atoms with Crippen LogP contribution in [0.4, 0.5) is 0 Å². The Bertz CT molecular complexity index is 633. The first-order chi connectivity index (χ1) is 10.8. The van der Waals surface area contributed by atoms with Crippen molar-refractivity contribution in [2.45, 2.75) is 12.6 Å². The van der Waals surface area contributed by atoms with E-state index < -0.39 is 0 Å². The van der Waals surface area contributed by atoms with Crippen LogP contribution in [-0.2, 0) is 11.3 Å². The van der Waals surface area contributed by atoms with E-state index in [0.29, 0.717) is 12.1 Å². The highest BCUT2D eigenvalue weighted by Crippen LogP contribution is 2.24. The highest BCUT2D eigenvalue weighted by molar-refractivity contribution is 5.88. The zero-order chi connectivity index (χ0) is 15.4. The fourth-order valence-electron chi connectivity index (χ4n) is 2.73. The van der Waals surface area contributed by atoms with Crippen molar-refractivity contribution in [3.05, 3.63) is 53.7 Å². The summed E-state index contributed by atoms with van der Waals surface area (Å²) in [6.45, 7) is 3.36. The topological polar surface area (TPSA) is 67.6 Å². The third-order valence-corrected chi connectivity index (χ3v) is 3.86. The zero-order valence-electron chi connectivity index (χ0n) is 12.9. The maximum absolute atomic E-state index is 11.5. The Morgan fingerprint density at radius 1 is 1.57 bits per heavy atom. The molecule has 7 heteroatoms. The molecular formula is C16H20ClN3O3. The monoisotopic (exact) mass is 337 g/mol. The average molecular weight is 338 g/mol. The summed E-state index contributed by atoms with van der Waals surface area (Å²) in [5, 5.41) is 3.41. The second-order valence-corrected chi connectivity index (χ2v) is 5.27. The molecule has 0 spiro atoms. The van der Waals surface area contributed by atoms with Crippen molar-refractivity contribution in [2.24, 2.45) is 0 Å². The van der Waals surface area contributed by atoms with Crippen LogP contribution in [0.1, 0.15) is 27.7 Å². The lowest BCUT2D eigenvalue weighted by molar-refractivity contribution is 0.0600. The number of pyridine rings is 1. The van der Waals surface area contributed by atoms with E-state index in [1.165, 1.54) is 18.9 Å². The lowest BCUT2D eigenvalue weighted by Gasteiger charge is -2.35. The third kappa shape index (κ3) is 4.10. The highest BCUT2D eigenvalue weighted by atomic mass is 35.5. The van der Waals surface area contributed by atoms with E-state index >= 15 is 0 Å². The quantitative estimate of drug-likeness (QED) is 0.861. The molecule has 1 saturated heterocycles. The second-order valence-electron chi connectivity index (χ2n) is 5.27. The number of rotatable bonds is 4. The Morgan fingerprint density at radius 2 is 2.43 bits per heavy atom. The van der Waals surface area contributed by atoms with E-state index in [9.17, 15) is 4.79 Å². The highest BCUT2D eigenvalue weighted by Gasteiger charge is 2.25. The van der Waals surface area contributed by atoms with Crippen molar-refractivity contribution in [3.63, 3.8) is 0 Å². The van der Waals surface area contributed by atoms with Crippen LogP contribution in [0.25, 0.3) is 0 Å². The molecule has 0 saturated carbocycles. The number of methoxy groups -OCH3 is 1. The number of piperazine rings is 1. The number of esters is 1. The predicted molar refractivity (Wildman–Crippen MR) is 87.6 cm³/mol. The summed E-state index contributed by atoms with van der Waals surface area (Å²) in [5.74, 6) is 0.385. The normalized spacial score (nSPS) is 18.2. The van der Waals surface area contributed by atoms with Crippen molar-refractivity contribution < 1.29 is 13.9 Å². The number of hydrogen-bond acceptors (Lipinski definition) is 6. The number of furan rings is 1. The molecule has 1 N–H and O–H groups in total. The van der Waals surface area contributed by atoms with Gasteiger partial charge in [0.2, 0.25) is 0 Å². The molecule has 3 heterocycles. The summed E-state index contributed by atoms with van der Waals surface area (Å²) in [7, 11) is 1.36. The minimum atomic E-state index is -0.376. The Hall–Kier alpha value is -1.89. The van der Waals surface area contributed by atoms with Crippen LogP contribution < -0.4 is 5.32 Å². The van der Waals surface area contributed by atoms with Crippen LogP contribution in [0.3, 0.4) is 0 Å². The molecule has 0 aromatic carbocycles. The maximum atomic E-state index is 11.5. The van der Waals surface area contributed by atoms with E-state index in [1.54, 1.807) is 12.3 Å². The minimum Gasteiger partial charge on any atom is -0.467 e. The molecule has 0 amide bonds. The number of nitrogens with zero attached hydrogens (tertiary/aromatic N) is 2. The van der Waals surface area contributed by atoms with Crippen molar-refractivity contribution in [3.8, 4) is 0 Å². The fraction of sp³-hybridized carbons (Fsp3) is 0.375. The summed E-state index contributed by atoms with van der Waals surface area (Å²) in [4.78, 5) is 18.0. The van der Waals surface area contributed by atoms with Gasteiger partial charge >= 0.3 is 5.97 Å². The lowest BCUT2D eigenvalue weighted by atomic mass is 10.1. The first-order valence-corrected chi connectivity index (χ1v) is 7.28. The largest absolute Gasteiger partial charge is 0.467 e. The van der Waals surface area contributed by atoms with E-state index in [-0.39, 0.29) is 24.4 Å². The van der Waals surface area contributed by atoms with Gasteiger partial charge in [-0.2, -0.15) is 0 Å². The summed E-state index contributed by atoms with van der Waals surface area (Å²) in [5.41, 5.74) is 1.63. The number of nitrogens with one attached hydrogen (secondary N) is 1. The summed E-state index contributed by atoms with van der Waals surface area (Å²) < 4.78 is 10.2. The van der Waals surface area contributed by atoms with Gasteiger partial charge in [-0.25, -0.2) is 4.79 Å². The molecule has 124 valence electrons. The van der Waals surface area contributed by atoms with Crippen LogP contribution >= 0.6 is 12.4 Å². The minimum absolute atomic E-state index is 0. The predicted octanol–water partition coefficient (Wildman–Crippen LogP) is 2.03. The molecule has 2 aromatic heterocycles. The number of carbonyl (C=O) groups is 1. The van der Waals surface area contributed by atoms with E-state index in [4.69, 9.17) is 9.15 Å². The molecule has 1 aliphatic heterocycles. The number of halogens is 1. The standard InChI is InChI=1S/C16H19N3O3.ClH/c1-21-16(20)13-7-14(22-11-13)10-19-6-5-18-9-15(19)12-3-2-4-17-8-12;/h2-4,7-8,11,15,18H,5-6,9-10H2,1H3;1H. The zero-order valence-corrected chi connectivity index (χ0v) is 13.7. The van der Waals surface area contributed by atoms with Gasteiger partial charge in [-0.15, -0.1) is 12.4 Å². The van der Waals surface area contributed by atoms with E-state index in [0.717, 1.165) is 25.4 Å². The van der Waals surface area contributed by atoms with Crippen LogP contribution in [0.2, 0.25) is 0 Å². The number of aromatic nitrogens is 1. The molecule has 1 unspecified atom stereocenters. The molecular weight excluding hydrogens is 318 g/mol. The first-order valence-electron chi connectivity index (χ1n) is 7.28. The molecule has 0 bridgehead atoms. The Balaban J connectivity index is 0.00000192. The SMILES string of the molecule is COC(=O)c1coc(CN2CCNCC2c2cccnc2)c1.Cl. The number of ether oxygens (including phenoxy) is 1. The molecule has 23 heavy (non-hydrogen) atoms. The van der Waals surface area contributed by atoms with Gasteiger partial charge in [0.15, 0.2) is 0 Å². The van der Waals surface area contributed by atoms with Gasteiger partial charge in [0.1, 0.15) is 12.0 Å². The second kappa shape index (κ2) is 8.10. The van der Waals surface area contributed by atoms with Crippen molar-refractivity contribution in [1.82, 2.24) is 15.2 Å². The molecule has 6 nitrogen and oxygen atoms in total. The average Bonchev–Trinajstić information content (AvgIpc) is 3.04. The van der Waals surface area contributed by atoms with Gasteiger partial charge in [-0.1, -0.05) is 6.07 Å². The molecule has 1 atom stereocenters. The molecule has 3 rings (SSSR count). The van der Waals surface area contributed by atoms with Gasteiger partial charge in [0.25, 0.3) is 0 Å². The third-order valence-electron chi connectivity index (χ3n) is 3.86. The Kier molecular flexibility index (Phi) is 6.15. The smallest absolute Gasteiger partial charge is 0.341 e. The molecule has 0 aliphatic carbocycles. The van der Waals surface area contributed by atoms with Gasteiger partial charge < -0.3 is 14.5 Å². The van der Waals surface area contributed by atoms with Crippen LogP contribution in [0.15, 0.2) is 41.3 Å². The lowest BCUT2D eigenvalue weighted by Crippen LogP contribution is -2.45. The van der Waals surface area contributed by atoms with E-state index in [1.807, 2.05) is 12.3 Å². The van der Waals surface area contributed by atoms with Crippen LogP contribution in [0, 0.1) is 0 Å². The molecule has 1 aliphatic rings. The van der Waals surface area contributed by atoms with E-state index in [2.05, 4.69) is 21.3 Å². The molecule has 1 fully saturated rings. The molecule has 0 radical (unpaired) electrons. The van der Waals surface area contributed by atoms with Gasteiger partial charge in [-0.05, 0) is 17.7 Å². The van der Waals surface area contributed by atoms with Gasteiger partial charge in [-0.3, -0.25) is 9.88 Å². The van der Waals surface area contributed by atoms with Crippen molar-refractivity contribution in [2.75, 3.05) is 26.7 Å². The van der Waals surface area contributed by atoms with Gasteiger partial charge in [0, 0.05) is 38.1 Å². The van der Waals surface area contributed by atoms with Crippen molar-refractivity contribution in [1.29, 1.82) is 0 Å². The fourth-order valence-corrected chi connectivity index (χ4v) is 2.73. The summed E-state index contributed by atoms with van der Waals surface area (Å²) >= 11 is 0. The summed E-state index contributed by atoms with van der Waals surface area (Å²) in [6.07, 6.45) is 5.12. The Morgan fingerprint density at radius 3 is 3.17 bits per heavy atom. The van der Waals surface area contributed by atoms with Crippen LogP contribution in [-0.4, -0.2) is 42.6 Å². The number of hydrogen-bond donors (Lipinski definition) is 1. The first kappa shape index (κ1) is 17.5. The molecule has 2 aromatic rings. The maximum Gasteiger partial charge on any atom is 0.341 e. The van der Waals surface area contributed by atoms with Crippen LogP contribution in [0.5, 0.6) is 0 Å².